The topological polar surface area (TPSA) is 58.6 Å². The highest BCUT2D eigenvalue weighted by Crippen LogP contribution is 2.42. The number of nitrogens with one attached hydrogen (secondary N) is 1. The van der Waals surface area contributed by atoms with Crippen molar-refractivity contribution < 1.29 is 14.7 Å². The molecular formula is C14H15NO3. The van der Waals surface area contributed by atoms with E-state index in [4.69, 9.17) is 4.84 Å². The third-order valence-corrected chi connectivity index (χ3v) is 3.67. The van der Waals surface area contributed by atoms with Crippen molar-refractivity contribution in [2.45, 2.75) is 30.9 Å². The fraction of sp³-hybridized carbons (Fsp3) is 0.357. The van der Waals surface area contributed by atoms with Gasteiger partial charge >= 0.3 is 0 Å². The fourth-order valence-corrected chi connectivity index (χ4v) is 2.59. The minimum atomic E-state index is -0.728. The molecule has 1 unspecified atom stereocenters. The van der Waals surface area contributed by atoms with Gasteiger partial charge in [-0.1, -0.05) is 30.3 Å². The summed E-state index contributed by atoms with van der Waals surface area (Å²) in [6.07, 6.45) is 2.89. The Bertz CT molecular complexity index is 497. The second-order valence-electron chi connectivity index (χ2n) is 4.88. The predicted octanol–water partition coefficient (Wildman–Crippen LogP) is 2.20. The van der Waals surface area contributed by atoms with Gasteiger partial charge in [-0.25, -0.2) is 0 Å². The molecule has 0 radical (unpaired) electrons. The lowest BCUT2D eigenvalue weighted by atomic mass is 9.83. The molecule has 3 rings (SSSR count). The molecule has 18 heavy (non-hydrogen) atoms. The van der Waals surface area contributed by atoms with Crippen molar-refractivity contribution in [1.29, 1.82) is 0 Å². The van der Waals surface area contributed by atoms with Gasteiger partial charge in [-0.05, 0) is 12.0 Å². The molecule has 2 atom stereocenters. The SMILES string of the molecule is O=C1C=C(O)[C@]2(CC1)CC(c1ccccc1)NO2. The van der Waals surface area contributed by atoms with Crippen LogP contribution in [0.4, 0.5) is 0 Å². The average Bonchev–Trinajstić information content (AvgIpc) is 2.82. The van der Waals surface area contributed by atoms with Crippen molar-refractivity contribution in [1.82, 2.24) is 5.48 Å². The Morgan fingerprint density at radius 3 is 2.83 bits per heavy atom. The Balaban J connectivity index is 1.83. The highest BCUT2D eigenvalue weighted by molar-refractivity contribution is 5.91. The maximum Gasteiger partial charge on any atom is 0.159 e. The molecule has 1 saturated heterocycles. The summed E-state index contributed by atoms with van der Waals surface area (Å²) in [5.74, 6) is 0.00886. The summed E-state index contributed by atoms with van der Waals surface area (Å²) in [5.41, 5.74) is 3.36. The number of hydrogen-bond acceptors (Lipinski definition) is 4. The summed E-state index contributed by atoms with van der Waals surface area (Å²) in [4.78, 5) is 16.8. The lowest BCUT2D eigenvalue weighted by Crippen LogP contribution is -2.35. The van der Waals surface area contributed by atoms with Crippen LogP contribution < -0.4 is 5.48 Å². The van der Waals surface area contributed by atoms with Gasteiger partial charge in [-0.2, -0.15) is 5.48 Å². The number of allylic oxidation sites excluding steroid dienone is 1. The molecule has 1 aromatic rings. The number of hydroxylamine groups is 1. The van der Waals surface area contributed by atoms with Crippen LogP contribution >= 0.6 is 0 Å². The van der Waals surface area contributed by atoms with Crippen LogP contribution in [0, 0.1) is 0 Å². The number of rotatable bonds is 1. The second kappa shape index (κ2) is 4.23. The molecule has 1 aromatic carbocycles. The van der Waals surface area contributed by atoms with Crippen molar-refractivity contribution >= 4 is 5.78 Å². The van der Waals surface area contributed by atoms with E-state index in [9.17, 15) is 9.90 Å². The molecule has 0 bridgehead atoms. The smallest absolute Gasteiger partial charge is 0.159 e. The Kier molecular flexibility index (Phi) is 2.69. The van der Waals surface area contributed by atoms with E-state index in [1.807, 2.05) is 30.3 Å². The van der Waals surface area contributed by atoms with E-state index in [-0.39, 0.29) is 17.6 Å². The van der Waals surface area contributed by atoms with Gasteiger partial charge in [-0.3, -0.25) is 9.63 Å². The Hall–Kier alpha value is -1.65. The van der Waals surface area contributed by atoms with Gasteiger partial charge in [0.05, 0.1) is 6.04 Å². The van der Waals surface area contributed by atoms with Crippen LogP contribution in [-0.4, -0.2) is 16.5 Å². The molecule has 2 N–H and O–H groups in total. The van der Waals surface area contributed by atoms with E-state index in [1.165, 1.54) is 6.08 Å². The molecule has 4 heteroatoms. The number of carbonyl (C=O) groups is 1. The third-order valence-electron chi connectivity index (χ3n) is 3.67. The van der Waals surface area contributed by atoms with Crippen LogP contribution in [0.5, 0.6) is 0 Å². The standard InChI is InChI=1S/C14H15NO3/c16-11-6-7-14(13(17)8-11)9-12(15-18-14)10-4-2-1-3-5-10/h1-5,8,12,15,17H,6-7,9H2/t12?,14-/m0/s1. The minimum absolute atomic E-state index is 0.0371. The maximum atomic E-state index is 11.3. The van der Waals surface area contributed by atoms with Gasteiger partial charge in [0, 0.05) is 18.9 Å². The zero-order valence-electron chi connectivity index (χ0n) is 9.93. The number of benzene rings is 1. The molecule has 0 aromatic heterocycles. The van der Waals surface area contributed by atoms with Crippen LogP contribution in [0.1, 0.15) is 30.9 Å². The Morgan fingerprint density at radius 2 is 2.11 bits per heavy atom. The van der Waals surface area contributed by atoms with E-state index in [0.717, 1.165) is 5.56 Å². The Morgan fingerprint density at radius 1 is 1.33 bits per heavy atom. The van der Waals surface area contributed by atoms with E-state index in [2.05, 4.69) is 5.48 Å². The summed E-state index contributed by atoms with van der Waals surface area (Å²) in [6, 6.07) is 10.0. The van der Waals surface area contributed by atoms with Crippen LogP contribution in [0.25, 0.3) is 0 Å². The molecule has 1 aliphatic heterocycles. The monoisotopic (exact) mass is 245 g/mol. The van der Waals surface area contributed by atoms with Crippen LogP contribution in [-0.2, 0) is 9.63 Å². The second-order valence-corrected chi connectivity index (χ2v) is 4.88. The summed E-state index contributed by atoms with van der Waals surface area (Å²) in [7, 11) is 0. The number of hydrogen-bond donors (Lipinski definition) is 2. The maximum absolute atomic E-state index is 11.3. The highest BCUT2D eigenvalue weighted by Gasteiger charge is 2.46. The molecule has 2 aliphatic rings. The molecule has 1 heterocycles. The molecular weight excluding hydrogens is 230 g/mol. The third kappa shape index (κ3) is 1.83. The molecule has 1 fully saturated rings. The molecule has 0 amide bonds. The number of aliphatic hydroxyl groups is 1. The highest BCUT2D eigenvalue weighted by atomic mass is 16.7. The normalized spacial score (nSPS) is 31.7. The summed E-state index contributed by atoms with van der Waals surface area (Å²) >= 11 is 0. The number of carbonyl (C=O) groups excluding carboxylic acids is 1. The number of aliphatic hydroxyl groups excluding tert-OH is 1. The first-order chi connectivity index (χ1) is 8.70. The van der Waals surface area contributed by atoms with Crippen LogP contribution in [0.15, 0.2) is 42.2 Å². The molecule has 4 nitrogen and oxygen atoms in total. The van der Waals surface area contributed by atoms with Crippen molar-refractivity contribution in [3.05, 3.63) is 47.7 Å². The van der Waals surface area contributed by atoms with Gasteiger partial charge in [0.1, 0.15) is 11.4 Å². The quantitative estimate of drug-likeness (QED) is 0.796. The zero-order chi connectivity index (χ0) is 12.6. The van der Waals surface area contributed by atoms with E-state index in [1.54, 1.807) is 0 Å². The van der Waals surface area contributed by atoms with Crippen molar-refractivity contribution in [3.63, 3.8) is 0 Å². The van der Waals surface area contributed by atoms with Gasteiger partial charge in [0.25, 0.3) is 0 Å². The summed E-state index contributed by atoms with van der Waals surface area (Å²) in [5, 5.41) is 9.97. The van der Waals surface area contributed by atoms with E-state index in [0.29, 0.717) is 19.3 Å². The minimum Gasteiger partial charge on any atom is -0.509 e. The van der Waals surface area contributed by atoms with Gasteiger partial charge in [0.15, 0.2) is 5.78 Å². The van der Waals surface area contributed by atoms with Crippen molar-refractivity contribution in [2.24, 2.45) is 0 Å². The average molecular weight is 245 g/mol. The summed E-state index contributed by atoms with van der Waals surface area (Å²) < 4.78 is 0. The Labute approximate surface area is 105 Å². The van der Waals surface area contributed by atoms with Crippen LogP contribution in [0.3, 0.4) is 0 Å². The largest absolute Gasteiger partial charge is 0.509 e. The van der Waals surface area contributed by atoms with Crippen molar-refractivity contribution in [2.75, 3.05) is 0 Å². The first-order valence-electron chi connectivity index (χ1n) is 6.12. The number of ketones is 1. The van der Waals surface area contributed by atoms with E-state index < -0.39 is 5.60 Å². The zero-order valence-corrected chi connectivity index (χ0v) is 9.93. The van der Waals surface area contributed by atoms with Crippen LogP contribution in [0.2, 0.25) is 0 Å². The predicted molar refractivity (Wildman–Crippen MR) is 65.7 cm³/mol. The molecule has 0 saturated carbocycles. The molecule has 94 valence electrons. The van der Waals surface area contributed by atoms with Gasteiger partial charge in [-0.15, -0.1) is 0 Å². The first-order valence-corrected chi connectivity index (χ1v) is 6.12. The lowest BCUT2D eigenvalue weighted by molar-refractivity contribution is -0.120. The van der Waals surface area contributed by atoms with E-state index >= 15 is 0 Å². The van der Waals surface area contributed by atoms with Gasteiger partial charge < -0.3 is 5.11 Å². The lowest BCUT2D eigenvalue weighted by Gasteiger charge is -2.28. The summed E-state index contributed by atoms with van der Waals surface area (Å²) in [6.45, 7) is 0. The van der Waals surface area contributed by atoms with Crippen molar-refractivity contribution in [3.8, 4) is 0 Å². The molecule has 1 aliphatic carbocycles. The van der Waals surface area contributed by atoms with Gasteiger partial charge in [0.2, 0.25) is 0 Å². The molecule has 1 spiro atoms. The fourth-order valence-electron chi connectivity index (χ4n) is 2.59. The first kappa shape index (κ1) is 11.4.